The Bertz CT molecular complexity index is 690. The summed E-state index contributed by atoms with van der Waals surface area (Å²) in [7, 11) is 0. The average Bonchev–Trinajstić information content (AvgIpc) is 2.68. The quantitative estimate of drug-likeness (QED) is 0.716. The van der Waals surface area contributed by atoms with Crippen LogP contribution >= 0.6 is 11.6 Å². The third kappa shape index (κ3) is 1.62. The second-order valence-corrected chi connectivity index (χ2v) is 4.09. The second-order valence-electron chi connectivity index (χ2n) is 3.65. The van der Waals surface area contributed by atoms with Gasteiger partial charge in [0.25, 0.3) is 0 Å². The number of nitrogens with two attached hydrogens (primary N) is 1. The van der Waals surface area contributed by atoms with Gasteiger partial charge in [-0.1, -0.05) is 17.7 Å². The lowest BCUT2D eigenvalue weighted by atomic mass is 10.3. The van der Waals surface area contributed by atoms with Crippen LogP contribution in [0.1, 0.15) is 0 Å². The Morgan fingerprint density at radius 3 is 2.88 bits per heavy atom. The van der Waals surface area contributed by atoms with Gasteiger partial charge in [-0.15, -0.1) is 5.10 Å². The summed E-state index contributed by atoms with van der Waals surface area (Å²) >= 11 is 5.96. The van der Waals surface area contributed by atoms with Crippen LogP contribution in [-0.2, 0) is 0 Å². The van der Waals surface area contributed by atoms with E-state index in [0.29, 0.717) is 10.8 Å². The molecule has 0 aliphatic carbocycles. The maximum absolute atomic E-state index is 5.96. The van der Waals surface area contributed by atoms with Crippen LogP contribution in [0.15, 0.2) is 42.6 Å². The molecule has 2 N–H and O–H groups in total. The number of anilines is 1. The first-order chi connectivity index (χ1) is 8.25. The summed E-state index contributed by atoms with van der Waals surface area (Å²) in [4.78, 5) is 4.29. The predicted molar refractivity (Wildman–Crippen MR) is 68.3 cm³/mol. The number of benzene rings is 1. The minimum absolute atomic E-state index is 0.466. The Labute approximate surface area is 103 Å². The van der Waals surface area contributed by atoms with E-state index in [2.05, 4.69) is 10.1 Å². The Morgan fingerprint density at radius 1 is 1.18 bits per heavy atom. The zero-order chi connectivity index (χ0) is 11.8. The van der Waals surface area contributed by atoms with Gasteiger partial charge in [-0.2, -0.15) is 0 Å². The Morgan fingerprint density at radius 2 is 2.06 bits per heavy atom. The molecule has 0 fully saturated rings. The number of aromatic nitrogens is 3. The van der Waals surface area contributed by atoms with E-state index in [9.17, 15) is 0 Å². The van der Waals surface area contributed by atoms with Gasteiger partial charge < -0.3 is 5.73 Å². The van der Waals surface area contributed by atoms with Gasteiger partial charge in [0.05, 0.1) is 11.1 Å². The summed E-state index contributed by atoms with van der Waals surface area (Å²) in [5.74, 6) is 0.466. The van der Waals surface area contributed by atoms with Crippen molar-refractivity contribution < 1.29 is 0 Å². The molecule has 0 bridgehead atoms. The van der Waals surface area contributed by atoms with Crippen molar-refractivity contribution >= 4 is 28.5 Å². The molecule has 0 spiro atoms. The van der Waals surface area contributed by atoms with Crippen molar-refractivity contribution in [3.05, 3.63) is 47.6 Å². The third-order valence-electron chi connectivity index (χ3n) is 2.52. The van der Waals surface area contributed by atoms with E-state index in [1.165, 1.54) is 0 Å². The van der Waals surface area contributed by atoms with Crippen LogP contribution in [0.25, 0.3) is 16.7 Å². The number of fused-ring (bicyclic) bond motifs is 1. The van der Waals surface area contributed by atoms with Gasteiger partial charge in [0.15, 0.2) is 11.5 Å². The number of pyridine rings is 1. The van der Waals surface area contributed by atoms with E-state index in [4.69, 9.17) is 17.3 Å². The monoisotopic (exact) mass is 244 g/mol. The van der Waals surface area contributed by atoms with E-state index in [1.807, 2.05) is 36.4 Å². The number of nitrogens with zero attached hydrogens (tertiary/aromatic N) is 3. The van der Waals surface area contributed by atoms with Crippen molar-refractivity contribution in [1.29, 1.82) is 0 Å². The summed E-state index contributed by atoms with van der Waals surface area (Å²) in [6.07, 6.45) is 1.71. The van der Waals surface area contributed by atoms with Gasteiger partial charge in [-0.05, 0) is 30.3 Å². The molecule has 0 atom stereocenters. The smallest absolute Gasteiger partial charge is 0.165 e. The van der Waals surface area contributed by atoms with Gasteiger partial charge >= 0.3 is 0 Å². The Balaban J connectivity index is 2.31. The highest BCUT2D eigenvalue weighted by molar-refractivity contribution is 6.30. The predicted octanol–water partition coefficient (Wildman–Crippen LogP) is 2.66. The first kappa shape index (κ1) is 10.1. The normalized spacial score (nSPS) is 10.9. The van der Waals surface area contributed by atoms with E-state index in [-0.39, 0.29) is 0 Å². The molecule has 0 saturated carbocycles. The molecule has 0 unspecified atom stereocenters. The SMILES string of the molecule is Nc1nn(-c2cccc(Cl)c2)c2ncccc12. The van der Waals surface area contributed by atoms with Crippen LogP contribution in [0.3, 0.4) is 0 Å². The Hall–Kier alpha value is -2.07. The van der Waals surface area contributed by atoms with Crippen LogP contribution in [0.5, 0.6) is 0 Å². The molecule has 0 aliphatic rings. The zero-order valence-electron chi connectivity index (χ0n) is 8.84. The molecule has 3 rings (SSSR count). The van der Waals surface area contributed by atoms with Crippen LogP contribution in [0.2, 0.25) is 5.02 Å². The number of halogens is 1. The topological polar surface area (TPSA) is 56.7 Å². The van der Waals surface area contributed by atoms with Gasteiger partial charge in [0.1, 0.15) is 0 Å². The molecular formula is C12H9ClN4. The molecule has 0 saturated heterocycles. The van der Waals surface area contributed by atoms with Crippen LogP contribution in [0.4, 0.5) is 5.82 Å². The van der Waals surface area contributed by atoms with Crippen LogP contribution in [-0.4, -0.2) is 14.8 Å². The van der Waals surface area contributed by atoms with Crippen LogP contribution in [0, 0.1) is 0 Å². The number of hydrogen-bond donors (Lipinski definition) is 1. The minimum Gasteiger partial charge on any atom is -0.382 e. The largest absolute Gasteiger partial charge is 0.382 e. The molecule has 4 nitrogen and oxygen atoms in total. The summed E-state index contributed by atoms with van der Waals surface area (Å²) in [6.45, 7) is 0. The van der Waals surface area contributed by atoms with E-state index in [0.717, 1.165) is 16.7 Å². The lowest BCUT2D eigenvalue weighted by Crippen LogP contribution is -1.98. The van der Waals surface area contributed by atoms with Gasteiger partial charge in [0.2, 0.25) is 0 Å². The van der Waals surface area contributed by atoms with Gasteiger partial charge in [-0.25, -0.2) is 9.67 Å². The highest BCUT2D eigenvalue weighted by Crippen LogP contribution is 2.22. The highest BCUT2D eigenvalue weighted by Gasteiger charge is 2.09. The highest BCUT2D eigenvalue weighted by atomic mass is 35.5. The molecule has 17 heavy (non-hydrogen) atoms. The third-order valence-corrected chi connectivity index (χ3v) is 2.76. The minimum atomic E-state index is 0.466. The first-order valence-corrected chi connectivity index (χ1v) is 5.48. The molecule has 2 heterocycles. The Kier molecular flexibility index (Phi) is 2.23. The molecule has 0 aliphatic heterocycles. The molecule has 2 aromatic heterocycles. The fraction of sp³-hybridized carbons (Fsp3) is 0. The molecule has 0 amide bonds. The lowest BCUT2D eigenvalue weighted by Gasteiger charge is -2.02. The van der Waals surface area contributed by atoms with Gasteiger partial charge in [-0.3, -0.25) is 0 Å². The maximum atomic E-state index is 5.96. The van der Waals surface area contributed by atoms with E-state index < -0.39 is 0 Å². The first-order valence-electron chi connectivity index (χ1n) is 5.11. The van der Waals surface area contributed by atoms with Crippen molar-refractivity contribution in [1.82, 2.24) is 14.8 Å². The maximum Gasteiger partial charge on any atom is 0.165 e. The van der Waals surface area contributed by atoms with Gasteiger partial charge in [0, 0.05) is 11.2 Å². The van der Waals surface area contributed by atoms with Crippen molar-refractivity contribution in [3.8, 4) is 5.69 Å². The summed E-state index contributed by atoms with van der Waals surface area (Å²) in [6, 6.07) is 11.1. The van der Waals surface area contributed by atoms with Crippen molar-refractivity contribution in [2.24, 2.45) is 0 Å². The molecule has 0 radical (unpaired) electrons. The van der Waals surface area contributed by atoms with E-state index in [1.54, 1.807) is 10.9 Å². The van der Waals surface area contributed by atoms with E-state index >= 15 is 0 Å². The number of hydrogen-bond acceptors (Lipinski definition) is 3. The summed E-state index contributed by atoms with van der Waals surface area (Å²) < 4.78 is 1.69. The van der Waals surface area contributed by atoms with Crippen LogP contribution < -0.4 is 5.73 Å². The fourth-order valence-electron chi connectivity index (χ4n) is 1.76. The fourth-order valence-corrected chi connectivity index (χ4v) is 1.95. The average molecular weight is 245 g/mol. The standard InChI is InChI=1S/C12H9ClN4/c13-8-3-1-4-9(7-8)17-12-10(11(14)16-17)5-2-6-15-12/h1-7H,(H2,14,16). The number of nitrogen functional groups attached to an aromatic ring is 1. The lowest BCUT2D eigenvalue weighted by molar-refractivity contribution is 0.903. The molecule has 3 aromatic rings. The summed E-state index contributed by atoms with van der Waals surface area (Å²) in [5.41, 5.74) is 7.42. The summed E-state index contributed by atoms with van der Waals surface area (Å²) in [5, 5.41) is 5.77. The number of rotatable bonds is 1. The zero-order valence-corrected chi connectivity index (χ0v) is 9.59. The molecule has 84 valence electrons. The molecule has 5 heteroatoms. The van der Waals surface area contributed by atoms with Crippen molar-refractivity contribution in [3.63, 3.8) is 0 Å². The van der Waals surface area contributed by atoms with Crippen molar-refractivity contribution in [2.75, 3.05) is 5.73 Å². The molecular weight excluding hydrogens is 236 g/mol. The second kappa shape index (κ2) is 3.75. The van der Waals surface area contributed by atoms with Crippen molar-refractivity contribution in [2.45, 2.75) is 0 Å². The molecule has 1 aromatic carbocycles.